The Bertz CT molecular complexity index is 1290. The van der Waals surface area contributed by atoms with Gasteiger partial charge in [-0.05, 0) is 62.7 Å². The number of anilines is 1. The van der Waals surface area contributed by atoms with E-state index in [-0.39, 0.29) is 18.3 Å². The number of carbonyl (C=O) groups is 2. The highest BCUT2D eigenvalue weighted by Gasteiger charge is 2.45. The van der Waals surface area contributed by atoms with Crippen molar-refractivity contribution in [2.24, 2.45) is 10.9 Å². The number of ketones is 1. The highest BCUT2D eigenvalue weighted by atomic mass is 16.6. The van der Waals surface area contributed by atoms with Crippen LogP contribution in [0.25, 0.3) is 17.1 Å². The van der Waals surface area contributed by atoms with Crippen molar-refractivity contribution in [3.05, 3.63) is 59.6 Å². The lowest BCUT2D eigenvalue weighted by atomic mass is 10.0. The van der Waals surface area contributed by atoms with Gasteiger partial charge in [0.25, 0.3) is 0 Å². The fraction of sp³-hybridized carbons (Fsp3) is 0.280. The van der Waals surface area contributed by atoms with Crippen molar-refractivity contribution in [1.82, 2.24) is 9.97 Å². The van der Waals surface area contributed by atoms with Gasteiger partial charge in [0.05, 0.1) is 18.4 Å². The first-order valence-corrected chi connectivity index (χ1v) is 11.0. The number of Topliss-reactive ketones (excluding diaryl/α,β-unsaturated/α-hetero) is 1. The minimum Gasteiger partial charge on any atom is -0.462 e. The average molecular weight is 463 g/mol. The van der Waals surface area contributed by atoms with Gasteiger partial charge in [0.1, 0.15) is 5.65 Å². The molecule has 0 amide bonds. The number of aliphatic imine (C=N–C) groups is 1. The average Bonchev–Trinajstić information content (AvgIpc) is 3.34. The van der Waals surface area contributed by atoms with Crippen molar-refractivity contribution in [1.29, 1.82) is 0 Å². The summed E-state index contributed by atoms with van der Waals surface area (Å²) in [5.74, 6) is -2.53. The van der Waals surface area contributed by atoms with Crippen LogP contribution in [-0.2, 0) is 19.1 Å². The molecule has 9 heteroatoms. The van der Waals surface area contributed by atoms with E-state index in [1.165, 1.54) is 0 Å². The molecule has 1 unspecified atom stereocenters. The number of allylic oxidation sites excluding steroid dienone is 1. The second-order valence-corrected chi connectivity index (χ2v) is 8.14. The Labute approximate surface area is 196 Å². The number of benzene rings is 1. The lowest BCUT2D eigenvalue weighted by molar-refractivity contribution is -0.151. The summed E-state index contributed by atoms with van der Waals surface area (Å²) in [5, 5.41) is 12.9. The number of fused-ring (bicyclic) bond motifs is 1. The molecule has 0 aliphatic carbocycles. The molecular formula is C25H26N4O5. The number of aromatic amines is 1. The molecule has 1 aliphatic heterocycles. The van der Waals surface area contributed by atoms with Crippen molar-refractivity contribution < 1.29 is 24.2 Å². The quantitative estimate of drug-likeness (QED) is 0.279. The number of aliphatic hydroxyl groups is 1. The van der Waals surface area contributed by atoms with Gasteiger partial charge in [-0.2, -0.15) is 0 Å². The Balaban J connectivity index is 1.71. The van der Waals surface area contributed by atoms with Crippen LogP contribution in [0.3, 0.4) is 0 Å². The molecule has 0 spiro atoms. The number of H-pyrrole nitrogens is 1. The Morgan fingerprint density at radius 1 is 1.38 bits per heavy atom. The van der Waals surface area contributed by atoms with Crippen LogP contribution in [0, 0.1) is 12.8 Å². The van der Waals surface area contributed by atoms with E-state index >= 15 is 0 Å². The monoisotopic (exact) mass is 462 g/mol. The lowest BCUT2D eigenvalue weighted by Crippen LogP contribution is -2.29. The zero-order valence-corrected chi connectivity index (χ0v) is 19.2. The molecule has 2 aromatic heterocycles. The molecule has 0 bridgehead atoms. The molecule has 3 heterocycles. The van der Waals surface area contributed by atoms with Gasteiger partial charge in [-0.25, -0.2) is 9.98 Å². The molecule has 176 valence electrons. The van der Waals surface area contributed by atoms with Gasteiger partial charge in [-0.3, -0.25) is 9.59 Å². The SMILES string of the molecule is Cc1cc(NCCO)ccc1N=C1O/C(=C\c2c[nH]c3ncccc23)C(=O)C1C(=O)OC(C)C. The van der Waals surface area contributed by atoms with Gasteiger partial charge in [0.15, 0.2) is 11.7 Å². The largest absolute Gasteiger partial charge is 0.462 e. The maximum absolute atomic E-state index is 13.2. The molecule has 0 radical (unpaired) electrons. The number of hydrogen-bond acceptors (Lipinski definition) is 8. The number of esters is 1. The van der Waals surface area contributed by atoms with E-state index in [0.717, 1.165) is 16.6 Å². The molecule has 3 N–H and O–H groups in total. The summed E-state index contributed by atoms with van der Waals surface area (Å²) in [6.45, 7) is 5.73. The Hall–Kier alpha value is -3.98. The number of nitrogens with one attached hydrogen (secondary N) is 2. The first kappa shape index (κ1) is 23.2. The van der Waals surface area contributed by atoms with Gasteiger partial charge in [0.2, 0.25) is 11.7 Å². The van der Waals surface area contributed by atoms with Crippen LogP contribution >= 0.6 is 0 Å². The molecular weight excluding hydrogens is 436 g/mol. The van der Waals surface area contributed by atoms with Crippen LogP contribution in [0.2, 0.25) is 0 Å². The summed E-state index contributed by atoms with van der Waals surface area (Å²) in [6, 6.07) is 9.10. The molecule has 34 heavy (non-hydrogen) atoms. The molecule has 4 rings (SSSR count). The van der Waals surface area contributed by atoms with Crippen molar-refractivity contribution in [2.45, 2.75) is 26.9 Å². The maximum Gasteiger partial charge on any atom is 0.326 e. The van der Waals surface area contributed by atoms with Crippen LogP contribution in [0.5, 0.6) is 0 Å². The minimum atomic E-state index is -1.29. The zero-order valence-electron chi connectivity index (χ0n) is 19.2. The summed E-state index contributed by atoms with van der Waals surface area (Å²) in [5.41, 5.74) is 3.57. The van der Waals surface area contributed by atoms with E-state index in [1.807, 2.05) is 19.1 Å². The van der Waals surface area contributed by atoms with Gasteiger partial charge < -0.3 is 24.9 Å². The van der Waals surface area contributed by atoms with Crippen molar-refractivity contribution in [2.75, 3.05) is 18.5 Å². The number of nitrogens with zero attached hydrogens (tertiary/aromatic N) is 2. The zero-order chi connectivity index (χ0) is 24.2. The smallest absolute Gasteiger partial charge is 0.326 e. The molecule has 1 atom stereocenters. The summed E-state index contributed by atoms with van der Waals surface area (Å²) in [7, 11) is 0. The lowest BCUT2D eigenvalue weighted by Gasteiger charge is -2.12. The Morgan fingerprint density at radius 3 is 2.94 bits per heavy atom. The molecule has 0 saturated carbocycles. The Kier molecular flexibility index (Phi) is 6.74. The number of pyridine rings is 1. The van der Waals surface area contributed by atoms with Crippen molar-refractivity contribution in [3.63, 3.8) is 0 Å². The summed E-state index contributed by atoms with van der Waals surface area (Å²) in [6.07, 6.45) is 4.58. The van der Waals surface area contributed by atoms with Gasteiger partial charge in [-0.15, -0.1) is 0 Å². The number of carbonyl (C=O) groups excluding carboxylic acids is 2. The summed E-state index contributed by atoms with van der Waals surface area (Å²) < 4.78 is 11.2. The maximum atomic E-state index is 13.2. The first-order valence-electron chi connectivity index (χ1n) is 11.0. The van der Waals surface area contributed by atoms with Gasteiger partial charge in [0, 0.05) is 35.6 Å². The summed E-state index contributed by atoms with van der Waals surface area (Å²) in [4.78, 5) is 37.8. The molecule has 1 fully saturated rings. The molecule has 3 aromatic rings. The molecule has 1 aliphatic rings. The van der Waals surface area contributed by atoms with Crippen LogP contribution in [-0.4, -0.2) is 52.0 Å². The number of hydrogen-bond donors (Lipinski definition) is 3. The number of aliphatic hydroxyl groups excluding tert-OH is 1. The molecule has 9 nitrogen and oxygen atoms in total. The van der Waals surface area contributed by atoms with Crippen LogP contribution in [0.15, 0.2) is 53.5 Å². The number of rotatable bonds is 7. The van der Waals surface area contributed by atoms with Gasteiger partial charge in [-0.1, -0.05) is 0 Å². The Morgan fingerprint density at radius 2 is 2.21 bits per heavy atom. The minimum absolute atomic E-state index is 0.00750. The van der Waals surface area contributed by atoms with E-state index in [2.05, 4.69) is 20.3 Å². The topological polar surface area (TPSA) is 126 Å². The third-order valence-corrected chi connectivity index (χ3v) is 5.19. The standard InChI is InChI=1S/C25H26N4O5/c1-14(2)33-25(32)21-22(31)20(12-16-13-28-23-18(16)5-4-8-27-23)34-24(21)29-19-7-6-17(11-15(19)3)26-9-10-30/h4-8,11-14,21,26,30H,9-10H2,1-3H3,(H,27,28)/b20-12-,29-24?. The normalized spacial score (nSPS) is 18.1. The second kappa shape index (κ2) is 9.88. The number of ether oxygens (including phenoxy) is 2. The number of aryl methyl sites for hydroxylation is 1. The van der Waals surface area contributed by atoms with E-state index in [4.69, 9.17) is 14.6 Å². The van der Waals surface area contributed by atoms with E-state index < -0.39 is 23.8 Å². The number of aromatic nitrogens is 2. The fourth-order valence-corrected chi connectivity index (χ4v) is 3.62. The van der Waals surface area contributed by atoms with Crippen molar-refractivity contribution in [3.8, 4) is 0 Å². The highest BCUT2D eigenvalue weighted by molar-refractivity contribution is 6.27. The van der Waals surface area contributed by atoms with E-state index in [0.29, 0.717) is 23.4 Å². The highest BCUT2D eigenvalue weighted by Crippen LogP contribution is 2.31. The van der Waals surface area contributed by atoms with E-state index in [9.17, 15) is 9.59 Å². The summed E-state index contributed by atoms with van der Waals surface area (Å²) >= 11 is 0. The predicted molar refractivity (Wildman–Crippen MR) is 129 cm³/mol. The second-order valence-electron chi connectivity index (χ2n) is 8.14. The molecule has 1 saturated heterocycles. The van der Waals surface area contributed by atoms with Crippen LogP contribution < -0.4 is 5.32 Å². The van der Waals surface area contributed by atoms with Crippen LogP contribution in [0.4, 0.5) is 11.4 Å². The first-order chi connectivity index (χ1) is 16.4. The third-order valence-electron chi connectivity index (χ3n) is 5.19. The molecule has 1 aromatic carbocycles. The van der Waals surface area contributed by atoms with Gasteiger partial charge >= 0.3 is 5.97 Å². The van der Waals surface area contributed by atoms with Crippen LogP contribution in [0.1, 0.15) is 25.0 Å². The fourth-order valence-electron chi connectivity index (χ4n) is 3.62. The van der Waals surface area contributed by atoms with Crippen molar-refractivity contribution >= 4 is 46.1 Å². The predicted octanol–water partition coefficient (Wildman–Crippen LogP) is 3.51. The third kappa shape index (κ3) is 4.84. The van der Waals surface area contributed by atoms with E-state index in [1.54, 1.807) is 50.5 Å².